The molecule has 0 atom stereocenters. The van der Waals surface area contributed by atoms with Crippen LogP contribution in [0.5, 0.6) is 0 Å². The molecule has 5 heteroatoms. The summed E-state index contributed by atoms with van der Waals surface area (Å²) in [6, 6.07) is 7.60. The molecule has 0 aliphatic heterocycles. The lowest BCUT2D eigenvalue weighted by Crippen LogP contribution is -2.46. The number of halogens is 1. The van der Waals surface area contributed by atoms with Crippen LogP contribution in [0.15, 0.2) is 29.3 Å². The number of benzene rings is 1. The van der Waals surface area contributed by atoms with Crippen molar-refractivity contribution in [3.63, 3.8) is 0 Å². The van der Waals surface area contributed by atoms with E-state index in [2.05, 4.69) is 15.6 Å². The van der Waals surface area contributed by atoms with Crippen LogP contribution < -0.4 is 10.6 Å². The summed E-state index contributed by atoms with van der Waals surface area (Å²) in [4.78, 5) is 4.54. The molecule has 4 nitrogen and oxygen atoms in total. The fourth-order valence-corrected chi connectivity index (χ4v) is 2.76. The van der Waals surface area contributed by atoms with Crippen LogP contribution in [-0.2, 0) is 6.54 Å². The van der Waals surface area contributed by atoms with Crippen molar-refractivity contribution in [2.75, 3.05) is 0 Å². The van der Waals surface area contributed by atoms with E-state index in [4.69, 9.17) is 0 Å². The number of hydrogen-bond acceptors (Lipinski definition) is 2. The van der Waals surface area contributed by atoms with E-state index in [-0.39, 0.29) is 11.9 Å². The van der Waals surface area contributed by atoms with Gasteiger partial charge in [-0.25, -0.2) is 9.38 Å². The van der Waals surface area contributed by atoms with Gasteiger partial charge >= 0.3 is 0 Å². The predicted molar refractivity (Wildman–Crippen MR) is 85.1 cm³/mol. The number of aliphatic hydroxyl groups is 1. The monoisotopic (exact) mass is 305 g/mol. The van der Waals surface area contributed by atoms with Crippen molar-refractivity contribution in [3.05, 3.63) is 35.6 Å². The molecule has 120 valence electrons. The van der Waals surface area contributed by atoms with Crippen LogP contribution in [0, 0.1) is 5.82 Å². The summed E-state index contributed by atoms with van der Waals surface area (Å²) in [7, 11) is 0. The first-order valence-corrected chi connectivity index (χ1v) is 8.19. The van der Waals surface area contributed by atoms with Crippen LogP contribution in [0.1, 0.15) is 44.1 Å². The molecular weight excluding hydrogens is 281 g/mol. The molecule has 0 aromatic heterocycles. The molecule has 0 unspecified atom stereocenters. The van der Waals surface area contributed by atoms with Gasteiger partial charge in [-0.05, 0) is 44.6 Å². The Balaban J connectivity index is 1.61. The quantitative estimate of drug-likeness (QED) is 0.591. The van der Waals surface area contributed by atoms with Gasteiger partial charge < -0.3 is 15.7 Å². The third-order valence-electron chi connectivity index (χ3n) is 4.32. The molecule has 0 saturated heterocycles. The van der Waals surface area contributed by atoms with Crippen molar-refractivity contribution >= 4 is 5.96 Å². The zero-order chi connectivity index (χ0) is 15.4. The van der Waals surface area contributed by atoms with Gasteiger partial charge in [0.25, 0.3) is 0 Å². The molecule has 0 bridgehead atoms. The molecule has 2 saturated carbocycles. The number of rotatable bonds is 4. The van der Waals surface area contributed by atoms with E-state index in [9.17, 15) is 9.50 Å². The van der Waals surface area contributed by atoms with Gasteiger partial charge in [0.1, 0.15) is 5.82 Å². The minimum atomic E-state index is -0.210. The SMILES string of the molecule is OC1CCC(NC(=NCc2ccccc2F)NC2CC2)CC1. The summed E-state index contributed by atoms with van der Waals surface area (Å²) < 4.78 is 13.7. The summed E-state index contributed by atoms with van der Waals surface area (Å²) in [5.41, 5.74) is 0.610. The van der Waals surface area contributed by atoms with Crippen LogP contribution in [0.2, 0.25) is 0 Å². The number of aliphatic hydroxyl groups excluding tert-OH is 1. The molecule has 2 fully saturated rings. The lowest BCUT2D eigenvalue weighted by atomic mass is 9.93. The van der Waals surface area contributed by atoms with E-state index >= 15 is 0 Å². The Bertz CT molecular complexity index is 522. The summed E-state index contributed by atoms with van der Waals surface area (Å²) in [5, 5.41) is 16.4. The minimum Gasteiger partial charge on any atom is -0.393 e. The van der Waals surface area contributed by atoms with Gasteiger partial charge in [0.2, 0.25) is 0 Å². The van der Waals surface area contributed by atoms with E-state index in [1.165, 1.54) is 18.9 Å². The molecule has 1 aromatic rings. The smallest absolute Gasteiger partial charge is 0.192 e. The van der Waals surface area contributed by atoms with Gasteiger partial charge in [-0.1, -0.05) is 18.2 Å². The lowest BCUT2D eigenvalue weighted by Gasteiger charge is -2.27. The Kier molecular flexibility index (Phi) is 4.93. The lowest BCUT2D eigenvalue weighted by molar-refractivity contribution is 0.120. The predicted octanol–water partition coefficient (Wildman–Crippen LogP) is 2.33. The largest absolute Gasteiger partial charge is 0.393 e. The van der Waals surface area contributed by atoms with E-state index in [0.717, 1.165) is 31.6 Å². The molecule has 3 rings (SSSR count). The summed E-state index contributed by atoms with van der Waals surface area (Å²) in [6.07, 6.45) is 5.75. The number of aliphatic imine (C=N–C) groups is 1. The summed E-state index contributed by atoms with van der Waals surface area (Å²) in [6.45, 7) is 0.337. The second kappa shape index (κ2) is 7.09. The van der Waals surface area contributed by atoms with Gasteiger partial charge in [0.15, 0.2) is 5.96 Å². The van der Waals surface area contributed by atoms with Gasteiger partial charge in [0.05, 0.1) is 12.6 Å². The zero-order valence-corrected chi connectivity index (χ0v) is 12.8. The fourth-order valence-electron chi connectivity index (χ4n) is 2.76. The van der Waals surface area contributed by atoms with E-state index < -0.39 is 0 Å². The maximum Gasteiger partial charge on any atom is 0.192 e. The minimum absolute atomic E-state index is 0.159. The third-order valence-corrected chi connectivity index (χ3v) is 4.32. The van der Waals surface area contributed by atoms with Crippen molar-refractivity contribution in [1.82, 2.24) is 10.6 Å². The average Bonchev–Trinajstić information content (AvgIpc) is 3.32. The number of nitrogens with one attached hydrogen (secondary N) is 2. The average molecular weight is 305 g/mol. The molecule has 1 aromatic carbocycles. The Morgan fingerprint density at radius 1 is 1.05 bits per heavy atom. The van der Waals surface area contributed by atoms with Crippen molar-refractivity contribution in [3.8, 4) is 0 Å². The highest BCUT2D eigenvalue weighted by Gasteiger charge is 2.25. The van der Waals surface area contributed by atoms with Crippen LogP contribution in [-0.4, -0.2) is 29.3 Å². The fraction of sp³-hybridized carbons (Fsp3) is 0.588. The first-order chi connectivity index (χ1) is 10.7. The van der Waals surface area contributed by atoms with Crippen LogP contribution in [0.3, 0.4) is 0 Å². The number of nitrogens with zero attached hydrogens (tertiary/aromatic N) is 1. The van der Waals surface area contributed by atoms with E-state index in [1.807, 2.05) is 6.07 Å². The number of guanidine groups is 1. The first kappa shape index (κ1) is 15.3. The Labute approximate surface area is 130 Å². The third kappa shape index (κ3) is 4.44. The van der Waals surface area contributed by atoms with Gasteiger partial charge in [-0.2, -0.15) is 0 Å². The molecule has 2 aliphatic rings. The van der Waals surface area contributed by atoms with Gasteiger partial charge in [0, 0.05) is 17.6 Å². The molecule has 22 heavy (non-hydrogen) atoms. The zero-order valence-electron chi connectivity index (χ0n) is 12.8. The summed E-state index contributed by atoms with van der Waals surface area (Å²) >= 11 is 0. The van der Waals surface area contributed by atoms with Crippen LogP contribution >= 0.6 is 0 Å². The maximum absolute atomic E-state index is 13.7. The van der Waals surface area contributed by atoms with E-state index in [0.29, 0.717) is 24.2 Å². The molecule has 0 spiro atoms. The highest BCUT2D eigenvalue weighted by molar-refractivity contribution is 5.80. The second-order valence-electron chi connectivity index (χ2n) is 6.32. The Hall–Kier alpha value is -1.62. The standard InChI is InChI=1S/C17H24FN3O/c18-16-4-2-1-3-12(16)11-19-17(20-13-5-6-13)21-14-7-9-15(22)10-8-14/h1-4,13-15,22H,5-11H2,(H2,19,20,21). The summed E-state index contributed by atoms with van der Waals surface area (Å²) in [5.74, 6) is 0.560. The molecular formula is C17H24FN3O. The molecule has 2 aliphatic carbocycles. The van der Waals surface area contributed by atoms with Crippen molar-refractivity contribution < 1.29 is 9.50 Å². The molecule has 0 radical (unpaired) electrons. The second-order valence-corrected chi connectivity index (χ2v) is 6.32. The van der Waals surface area contributed by atoms with Gasteiger partial charge in [-0.3, -0.25) is 0 Å². The van der Waals surface area contributed by atoms with Crippen molar-refractivity contribution in [2.45, 2.75) is 63.3 Å². The van der Waals surface area contributed by atoms with Crippen molar-refractivity contribution in [1.29, 1.82) is 0 Å². The van der Waals surface area contributed by atoms with Crippen molar-refractivity contribution in [2.24, 2.45) is 4.99 Å². The number of hydrogen-bond donors (Lipinski definition) is 3. The Morgan fingerprint density at radius 3 is 2.23 bits per heavy atom. The maximum atomic E-state index is 13.7. The molecule has 0 amide bonds. The van der Waals surface area contributed by atoms with Crippen LogP contribution in [0.4, 0.5) is 4.39 Å². The Morgan fingerprint density at radius 2 is 1.64 bits per heavy atom. The topological polar surface area (TPSA) is 56.6 Å². The highest BCUT2D eigenvalue weighted by atomic mass is 19.1. The molecule has 3 N–H and O–H groups in total. The highest BCUT2D eigenvalue weighted by Crippen LogP contribution is 2.20. The van der Waals surface area contributed by atoms with Gasteiger partial charge in [-0.15, -0.1) is 0 Å². The molecule has 0 heterocycles. The van der Waals surface area contributed by atoms with E-state index in [1.54, 1.807) is 12.1 Å². The normalized spacial score (nSPS) is 25.8. The van der Waals surface area contributed by atoms with Crippen LogP contribution in [0.25, 0.3) is 0 Å². The first-order valence-electron chi connectivity index (χ1n) is 8.19.